The quantitative estimate of drug-likeness (QED) is 0.173. The predicted octanol–water partition coefficient (Wildman–Crippen LogP) is 3.97. The lowest BCUT2D eigenvalue weighted by Gasteiger charge is -2.37. The Kier molecular flexibility index (Phi) is 10.7. The predicted molar refractivity (Wildman–Crippen MR) is 176 cm³/mol. The number of fused-ring (bicyclic) bond motifs is 1. The van der Waals surface area contributed by atoms with Gasteiger partial charge in [0, 0.05) is 24.3 Å². The summed E-state index contributed by atoms with van der Waals surface area (Å²) in [7, 11) is 0. The van der Waals surface area contributed by atoms with Crippen molar-refractivity contribution in [2.24, 2.45) is 11.8 Å². The number of aliphatic hydroxyl groups is 1. The fourth-order valence-corrected chi connectivity index (χ4v) is 8.13. The first-order valence-electron chi connectivity index (χ1n) is 15.2. The summed E-state index contributed by atoms with van der Waals surface area (Å²) in [6.45, 7) is 6.91. The zero-order valence-corrected chi connectivity index (χ0v) is 27.6. The molecule has 0 radical (unpaired) electrons. The summed E-state index contributed by atoms with van der Waals surface area (Å²) in [6.07, 6.45) is 3.40. The molecule has 3 amide bonds. The van der Waals surface area contributed by atoms with Gasteiger partial charge >= 0.3 is 5.97 Å². The highest BCUT2D eigenvalue weighted by Crippen LogP contribution is 2.60. The van der Waals surface area contributed by atoms with Crippen LogP contribution in [0.2, 0.25) is 5.02 Å². The first kappa shape index (κ1) is 33.8. The molecule has 0 saturated carbocycles. The van der Waals surface area contributed by atoms with E-state index in [0.29, 0.717) is 29.1 Å². The summed E-state index contributed by atoms with van der Waals surface area (Å²) in [5, 5.41) is 13.3. The highest BCUT2D eigenvalue weighted by atomic mass is 79.9. The fraction of sp³-hybridized carbons (Fsp3) is 0.412. The van der Waals surface area contributed by atoms with E-state index >= 15 is 0 Å². The Hall–Kier alpha value is -3.51. The minimum absolute atomic E-state index is 0.107. The SMILES string of the molecule is C=CCCC(=O)OC[C@H](NC(=O)[C@H]1[C@@H]2O[C@@]3(CC2Br)[C@@H]1C(=O)N(CCO)[C@@H]3C(=O)N(CC=C)c1ccccc1Cl)c1ccccc1. The maximum Gasteiger partial charge on any atom is 0.306 e. The van der Waals surface area contributed by atoms with Gasteiger partial charge in [-0.2, -0.15) is 0 Å². The van der Waals surface area contributed by atoms with Crippen LogP contribution in [0.1, 0.15) is 30.9 Å². The number of benzene rings is 2. The molecule has 1 unspecified atom stereocenters. The molecule has 2 bridgehead atoms. The summed E-state index contributed by atoms with van der Waals surface area (Å²) in [5.74, 6) is -3.73. The van der Waals surface area contributed by atoms with E-state index < -0.39 is 65.9 Å². The number of anilines is 1. The van der Waals surface area contributed by atoms with Gasteiger partial charge in [0.25, 0.3) is 5.91 Å². The Morgan fingerprint density at radius 1 is 1.17 bits per heavy atom. The number of esters is 1. The molecule has 3 fully saturated rings. The number of hydrogen-bond acceptors (Lipinski definition) is 7. The third-order valence-electron chi connectivity index (χ3n) is 8.87. The number of allylic oxidation sites excluding steroid dienone is 1. The molecule has 12 heteroatoms. The number of ether oxygens (including phenoxy) is 2. The molecule has 3 heterocycles. The second-order valence-corrected chi connectivity index (χ2v) is 13.2. The molecule has 10 nitrogen and oxygen atoms in total. The molecule has 46 heavy (non-hydrogen) atoms. The van der Waals surface area contributed by atoms with Crippen LogP contribution in [-0.4, -0.2) is 82.6 Å². The van der Waals surface area contributed by atoms with Crippen molar-refractivity contribution in [2.75, 3.05) is 31.2 Å². The average molecular weight is 715 g/mol. The van der Waals surface area contributed by atoms with E-state index in [-0.39, 0.29) is 30.9 Å². The van der Waals surface area contributed by atoms with Gasteiger partial charge < -0.3 is 29.7 Å². The van der Waals surface area contributed by atoms with Crippen molar-refractivity contribution in [1.82, 2.24) is 10.2 Å². The molecular formula is C34H37BrClN3O7. The van der Waals surface area contributed by atoms with E-state index in [0.717, 1.165) is 0 Å². The number of alkyl halides is 1. The first-order chi connectivity index (χ1) is 22.2. The number of hydrogen-bond donors (Lipinski definition) is 2. The van der Waals surface area contributed by atoms with Crippen molar-refractivity contribution in [1.29, 1.82) is 0 Å². The Balaban J connectivity index is 1.47. The van der Waals surface area contributed by atoms with Crippen molar-refractivity contribution in [3.8, 4) is 0 Å². The molecule has 3 saturated heterocycles. The molecule has 7 atom stereocenters. The summed E-state index contributed by atoms with van der Waals surface area (Å²) < 4.78 is 12.1. The number of carbonyl (C=O) groups is 4. The smallest absolute Gasteiger partial charge is 0.306 e. The maximum absolute atomic E-state index is 14.5. The molecule has 0 aliphatic carbocycles. The summed E-state index contributed by atoms with van der Waals surface area (Å²) >= 11 is 10.2. The summed E-state index contributed by atoms with van der Waals surface area (Å²) in [6, 6.07) is 14.1. The standard InChI is InChI=1S/C34H37BrClN3O7/c1-3-5-15-26(41)45-20-24(21-11-7-6-8-12-21)37-31(42)27-28-32(43)39(17-18-40)30(34(28)19-22(35)29(27)46-34)33(44)38(16-4-2)25-14-10-9-13-23(25)36/h3-4,6-14,22,24,27-30,40H,1-2,5,15-20H2,(H,37,42)/t22?,24-,27+,28-,29+,30+,34-/m0/s1. The van der Waals surface area contributed by atoms with E-state index in [1.165, 1.54) is 9.80 Å². The second-order valence-electron chi connectivity index (χ2n) is 11.6. The van der Waals surface area contributed by atoms with Gasteiger partial charge in [0.05, 0.1) is 41.3 Å². The van der Waals surface area contributed by atoms with Gasteiger partial charge in [-0.3, -0.25) is 19.2 Å². The van der Waals surface area contributed by atoms with E-state index in [2.05, 4.69) is 34.4 Å². The number of aliphatic hydroxyl groups excluding tert-OH is 1. The molecule has 2 N–H and O–H groups in total. The second kappa shape index (κ2) is 14.5. The zero-order valence-electron chi connectivity index (χ0n) is 25.2. The van der Waals surface area contributed by atoms with Gasteiger partial charge in [0.2, 0.25) is 11.8 Å². The van der Waals surface area contributed by atoms with Crippen LogP contribution in [-0.2, 0) is 28.7 Å². The number of nitrogens with one attached hydrogen (secondary N) is 1. The van der Waals surface area contributed by atoms with Crippen LogP contribution in [0.25, 0.3) is 0 Å². The van der Waals surface area contributed by atoms with E-state index in [1.807, 2.05) is 30.3 Å². The maximum atomic E-state index is 14.5. The summed E-state index contributed by atoms with van der Waals surface area (Å²) in [4.78, 5) is 57.7. The van der Waals surface area contributed by atoms with Crippen molar-refractivity contribution in [3.63, 3.8) is 0 Å². The van der Waals surface area contributed by atoms with E-state index in [4.69, 9.17) is 21.1 Å². The van der Waals surface area contributed by atoms with Gasteiger partial charge in [0.1, 0.15) is 18.2 Å². The fourth-order valence-electron chi connectivity index (χ4n) is 6.95. The van der Waals surface area contributed by atoms with Crippen molar-refractivity contribution >= 4 is 56.9 Å². The monoisotopic (exact) mass is 713 g/mol. The lowest BCUT2D eigenvalue weighted by molar-refractivity contribution is -0.146. The highest BCUT2D eigenvalue weighted by molar-refractivity contribution is 9.09. The molecule has 244 valence electrons. The van der Waals surface area contributed by atoms with Gasteiger partial charge in [-0.05, 0) is 30.5 Å². The van der Waals surface area contributed by atoms with Crippen LogP contribution in [0.15, 0.2) is 79.9 Å². The molecule has 2 aromatic carbocycles. The zero-order chi connectivity index (χ0) is 33.0. The number of halogens is 2. The van der Waals surface area contributed by atoms with Crippen LogP contribution in [0, 0.1) is 11.8 Å². The van der Waals surface area contributed by atoms with Gasteiger partial charge in [-0.15, -0.1) is 13.2 Å². The number of carbonyl (C=O) groups excluding carboxylic acids is 4. The van der Waals surface area contributed by atoms with E-state index in [1.54, 1.807) is 36.4 Å². The topological polar surface area (TPSA) is 125 Å². The third kappa shape index (κ3) is 6.25. The lowest BCUT2D eigenvalue weighted by atomic mass is 9.70. The Labute approximate surface area is 281 Å². The number of para-hydroxylation sites is 1. The number of likely N-dealkylation sites (tertiary alicyclic amines) is 1. The van der Waals surface area contributed by atoms with Crippen molar-refractivity contribution in [3.05, 3.63) is 90.5 Å². The molecule has 3 aliphatic heterocycles. The molecule has 1 spiro atoms. The molecule has 0 aromatic heterocycles. The van der Waals surface area contributed by atoms with E-state index in [9.17, 15) is 24.3 Å². The Morgan fingerprint density at radius 3 is 2.57 bits per heavy atom. The Bertz CT molecular complexity index is 1490. The van der Waals surface area contributed by atoms with Crippen molar-refractivity contribution in [2.45, 2.75) is 47.9 Å². The number of rotatable bonds is 14. The molecule has 5 rings (SSSR count). The van der Waals surface area contributed by atoms with Gasteiger partial charge in [0.15, 0.2) is 0 Å². The van der Waals surface area contributed by atoms with Crippen LogP contribution in [0.4, 0.5) is 5.69 Å². The van der Waals surface area contributed by atoms with Gasteiger partial charge in [-0.25, -0.2) is 0 Å². The largest absolute Gasteiger partial charge is 0.463 e. The normalized spacial score (nSPS) is 26.7. The molecular weight excluding hydrogens is 678 g/mol. The molecule has 2 aromatic rings. The van der Waals surface area contributed by atoms with Crippen LogP contribution >= 0.6 is 27.5 Å². The minimum atomic E-state index is -1.34. The van der Waals surface area contributed by atoms with Crippen LogP contribution in [0.3, 0.4) is 0 Å². The number of amides is 3. The van der Waals surface area contributed by atoms with Crippen LogP contribution in [0.5, 0.6) is 0 Å². The number of nitrogens with zero attached hydrogens (tertiary/aromatic N) is 2. The highest BCUT2D eigenvalue weighted by Gasteiger charge is 2.76. The molecule has 3 aliphatic rings. The first-order valence-corrected chi connectivity index (χ1v) is 16.5. The lowest BCUT2D eigenvalue weighted by Crippen LogP contribution is -2.57. The number of β-amino-alcohol motifs (C(OH)–C–C–N with tert-alkyl or cyclic N) is 1. The minimum Gasteiger partial charge on any atom is -0.463 e. The average Bonchev–Trinajstić information content (AvgIpc) is 3.64. The third-order valence-corrected chi connectivity index (χ3v) is 10.0. The Morgan fingerprint density at radius 2 is 1.89 bits per heavy atom. The summed E-state index contributed by atoms with van der Waals surface area (Å²) in [5.41, 5.74) is -0.186. The van der Waals surface area contributed by atoms with Crippen LogP contribution < -0.4 is 10.2 Å². The van der Waals surface area contributed by atoms with Gasteiger partial charge in [-0.1, -0.05) is 82.1 Å². The van der Waals surface area contributed by atoms with Crippen molar-refractivity contribution < 1.29 is 33.8 Å².